The quantitative estimate of drug-likeness (QED) is 0.698. The molecule has 0 spiro atoms. The molecular weight excluding hydrogens is 296 g/mol. The Hall–Kier alpha value is 0.240. The minimum absolute atomic E-state index is 0.600. The number of hydrogen-bond acceptors (Lipinski definition) is 1. The zero-order valence-electron chi connectivity index (χ0n) is 7.30. The van der Waals surface area contributed by atoms with Crippen LogP contribution in [0, 0.1) is 0 Å². The summed E-state index contributed by atoms with van der Waals surface area (Å²) in [4.78, 5) is 0.670. The molecule has 1 heterocycles. The van der Waals surface area contributed by atoms with Gasteiger partial charge in [-0.1, -0.05) is 22.4 Å². The molecule has 2 atom stereocenters. The van der Waals surface area contributed by atoms with Gasteiger partial charge in [-0.05, 0) is 41.3 Å². The molecule has 0 amide bonds. The molecule has 1 aliphatic carbocycles. The van der Waals surface area contributed by atoms with Crippen molar-refractivity contribution in [3.8, 4) is 0 Å². The van der Waals surface area contributed by atoms with Crippen molar-refractivity contribution in [1.29, 1.82) is 0 Å². The Bertz CT molecular complexity index is 282. The lowest BCUT2D eigenvalue weighted by molar-refractivity contribution is 0.381. The SMILES string of the molecule is Brc1ccoc1C1CCCC(Br)C1. The van der Waals surface area contributed by atoms with Crippen LogP contribution in [-0.2, 0) is 0 Å². The lowest BCUT2D eigenvalue weighted by Gasteiger charge is -2.24. The molecule has 13 heavy (non-hydrogen) atoms. The van der Waals surface area contributed by atoms with E-state index in [0.717, 1.165) is 10.2 Å². The molecule has 0 N–H and O–H groups in total. The van der Waals surface area contributed by atoms with Crippen LogP contribution in [0.5, 0.6) is 0 Å². The van der Waals surface area contributed by atoms with Gasteiger partial charge in [-0.3, -0.25) is 0 Å². The Morgan fingerprint density at radius 1 is 1.38 bits per heavy atom. The maximum absolute atomic E-state index is 5.48. The van der Waals surface area contributed by atoms with Crippen molar-refractivity contribution in [1.82, 2.24) is 0 Å². The van der Waals surface area contributed by atoms with E-state index in [2.05, 4.69) is 31.9 Å². The maximum atomic E-state index is 5.48. The average Bonchev–Trinajstić information content (AvgIpc) is 2.51. The molecule has 72 valence electrons. The summed E-state index contributed by atoms with van der Waals surface area (Å²) >= 11 is 7.19. The Morgan fingerprint density at radius 2 is 2.23 bits per heavy atom. The highest BCUT2D eigenvalue weighted by Gasteiger charge is 2.24. The summed E-state index contributed by atoms with van der Waals surface area (Å²) in [6.45, 7) is 0. The molecule has 1 fully saturated rings. The zero-order valence-corrected chi connectivity index (χ0v) is 10.5. The molecule has 1 aromatic rings. The van der Waals surface area contributed by atoms with E-state index in [4.69, 9.17) is 4.42 Å². The van der Waals surface area contributed by atoms with Crippen molar-refractivity contribution < 1.29 is 4.42 Å². The van der Waals surface area contributed by atoms with Gasteiger partial charge < -0.3 is 4.42 Å². The fourth-order valence-corrected chi connectivity index (χ4v) is 3.27. The third kappa shape index (κ3) is 2.18. The van der Waals surface area contributed by atoms with E-state index in [9.17, 15) is 0 Å². The lowest BCUT2D eigenvalue weighted by atomic mass is 9.87. The summed E-state index contributed by atoms with van der Waals surface area (Å²) in [7, 11) is 0. The van der Waals surface area contributed by atoms with E-state index in [0.29, 0.717) is 10.7 Å². The van der Waals surface area contributed by atoms with Crippen LogP contribution in [0.4, 0.5) is 0 Å². The Balaban J connectivity index is 2.12. The van der Waals surface area contributed by atoms with Gasteiger partial charge >= 0.3 is 0 Å². The van der Waals surface area contributed by atoms with Crippen molar-refractivity contribution >= 4 is 31.9 Å². The molecule has 2 rings (SSSR count). The molecule has 1 saturated carbocycles. The monoisotopic (exact) mass is 306 g/mol. The number of furan rings is 1. The van der Waals surface area contributed by atoms with Gasteiger partial charge in [0.2, 0.25) is 0 Å². The highest BCUT2D eigenvalue weighted by Crippen LogP contribution is 2.39. The molecule has 1 aliphatic rings. The lowest BCUT2D eigenvalue weighted by Crippen LogP contribution is -2.13. The number of alkyl halides is 1. The first-order valence-electron chi connectivity index (χ1n) is 4.64. The zero-order chi connectivity index (χ0) is 9.26. The van der Waals surface area contributed by atoms with Crippen molar-refractivity contribution in [3.05, 3.63) is 22.6 Å². The van der Waals surface area contributed by atoms with Gasteiger partial charge in [-0.15, -0.1) is 0 Å². The summed E-state index contributed by atoms with van der Waals surface area (Å²) in [6, 6.07) is 1.98. The first kappa shape index (κ1) is 9.78. The van der Waals surface area contributed by atoms with Gasteiger partial charge in [-0.25, -0.2) is 0 Å². The largest absolute Gasteiger partial charge is 0.468 e. The maximum Gasteiger partial charge on any atom is 0.121 e. The van der Waals surface area contributed by atoms with Crippen LogP contribution in [0.1, 0.15) is 37.4 Å². The van der Waals surface area contributed by atoms with Crippen molar-refractivity contribution in [3.63, 3.8) is 0 Å². The molecule has 1 aromatic heterocycles. The van der Waals surface area contributed by atoms with Crippen LogP contribution in [-0.4, -0.2) is 4.83 Å². The first-order valence-corrected chi connectivity index (χ1v) is 6.35. The predicted molar refractivity (Wildman–Crippen MR) is 60.3 cm³/mol. The first-order chi connectivity index (χ1) is 6.27. The van der Waals surface area contributed by atoms with E-state index >= 15 is 0 Å². The smallest absolute Gasteiger partial charge is 0.121 e. The van der Waals surface area contributed by atoms with E-state index in [1.807, 2.05) is 6.07 Å². The minimum atomic E-state index is 0.600. The molecule has 0 aliphatic heterocycles. The van der Waals surface area contributed by atoms with Gasteiger partial charge in [0.25, 0.3) is 0 Å². The number of rotatable bonds is 1. The van der Waals surface area contributed by atoms with Gasteiger partial charge in [-0.2, -0.15) is 0 Å². The highest BCUT2D eigenvalue weighted by atomic mass is 79.9. The fourth-order valence-electron chi connectivity index (χ4n) is 1.97. The standard InChI is InChI=1S/C10H12Br2O/c11-8-3-1-2-7(6-8)10-9(12)4-5-13-10/h4-5,7-8H,1-3,6H2. The van der Waals surface area contributed by atoms with Gasteiger partial charge in [0.15, 0.2) is 0 Å². The average molecular weight is 308 g/mol. The van der Waals surface area contributed by atoms with Crippen LogP contribution in [0.2, 0.25) is 0 Å². The number of hydrogen-bond donors (Lipinski definition) is 0. The molecule has 3 heteroatoms. The van der Waals surface area contributed by atoms with E-state index in [1.54, 1.807) is 6.26 Å². The van der Waals surface area contributed by atoms with E-state index in [1.165, 1.54) is 25.7 Å². The van der Waals surface area contributed by atoms with E-state index in [-0.39, 0.29) is 0 Å². The van der Waals surface area contributed by atoms with Crippen molar-refractivity contribution in [2.45, 2.75) is 36.4 Å². The van der Waals surface area contributed by atoms with Crippen molar-refractivity contribution in [2.24, 2.45) is 0 Å². The topological polar surface area (TPSA) is 13.1 Å². The normalized spacial score (nSPS) is 29.1. The predicted octanol–water partition coefficient (Wildman–Crippen LogP) is 4.46. The molecule has 1 nitrogen and oxygen atoms in total. The second kappa shape index (κ2) is 4.18. The molecular formula is C10H12Br2O. The van der Waals surface area contributed by atoms with Gasteiger partial charge in [0.05, 0.1) is 10.7 Å². The van der Waals surface area contributed by atoms with Crippen molar-refractivity contribution in [2.75, 3.05) is 0 Å². The molecule has 0 bridgehead atoms. The minimum Gasteiger partial charge on any atom is -0.468 e. The third-order valence-corrected chi connectivity index (χ3v) is 4.11. The van der Waals surface area contributed by atoms with Gasteiger partial charge in [0.1, 0.15) is 5.76 Å². The van der Waals surface area contributed by atoms with Crippen LogP contribution >= 0.6 is 31.9 Å². The Labute approximate surface area is 95.1 Å². The summed E-state index contributed by atoms with van der Waals surface area (Å²) in [5.41, 5.74) is 0. The third-order valence-electron chi connectivity index (χ3n) is 2.63. The fraction of sp³-hybridized carbons (Fsp3) is 0.600. The molecule has 0 saturated heterocycles. The number of halogens is 2. The summed E-state index contributed by atoms with van der Waals surface area (Å²) < 4.78 is 6.61. The summed E-state index contributed by atoms with van der Waals surface area (Å²) in [5.74, 6) is 1.73. The van der Waals surface area contributed by atoms with Gasteiger partial charge in [0, 0.05) is 10.7 Å². The molecule has 0 radical (unpaired) electrons. The van der Waals surface area contributed by atoms with Crippen LogP contribution in [0.3, 0.4) is 0 Å². The Morgan fingerprint density at radius 3 is 2.85 bits per heavy atom. The summed E-state index contributed by atoms with van der Waals surface area (Å²) in [6.07, 6.45) is 6.82. The Kier molecular flexibility index (Phi) is 3.14. The van der Waals surface area contributed by atoms with Crippen LogP contribution in [0.25, 0.3) is 0 Å². The van der Waals surface area contributed by atoms with Crippen LogP contribution < -0.4 is 0 Å². The summed E-state index contributed by atoms with van der Waals surface area (Å²) in [5, 5.41) is 0. The molecule has 2 unspecified atom stereocenters. The second-order valence-corrected chi connectivity index (χ2v) is 5.74. The second-order valence-electron chi connectivity index (χ2n) is 3.59. The van der Waals surface area contributed by atoms with Crippen LogP contribution in [0.15, 0.2) is 21.2 Å². The highest BCUT2D eigenvalue weighted by molar-refractivity contribution is 9.10. The van der Waals surface area contributed by atoms with E-state index < -0.39 is 0 Å². The molecule has 0 aromatic carbocycles.